The number of rotatable bonds is 7. The van der Waals surface area contributed by atoms with Crippen molar-refractivity contribution in [3.05, 3.63) is 83.7 Å². The Bertz CT molecular complexity index is 870. The largest absolute Gasteiger partial charge is 0.497 e. The van der Waals surface area contributed by atoms with E-state index in [-0.39, 0.29) is 0 Å². The summed E-state index contributed by atoms with van der Waals surface area (Å²) in [5.41, 5.74) is 2.58. The lowest BCUT2D eigenvalue weighted by molar-refractivity contribution is -0.0196. The molecule has 0 radical (unpaired) electrons. The number of hydrogen-bond acceptors (Lipinski definition) is 5. The second-order valence-electron chi connectivity index (χ2n) is 5.80. The summed E-state index contributed by atoms with van der Waals surface area (Å²) in [4.78, 5) is 3.97. The SMILES string of the molecule is COc1cc(/C=C/c2ccc(OC(O)c3cccnc3)cc2)cc(OC)c1. The lowest BCUT2D eigenvalue weighted by Gasteiger charge is -2.13. The molecule has 27 heavy (non-hydrogen) atoms. The number of aliphatic hydroxyl groups is 1. The fourth-order valence-corrected chi connectivity index (χ4v) is 2.49. The summed E-state index contributed by atoms with van der Waals surface area (Å²) < 4.78 is 16.1. The van der Waals surface area contributed by atoms with Gasteiger partial charge in [-0.05, 0) is 47.5 Å². The van der Waals surface area contributed by atoms with E-state index in [9.17, 15) is 5.11 Å². The van der Waals surface area contributed by atoms with Crippen molar-refractivity contribution in [3.8, 4) is 17.2 Å². The topological polar surface area (TPSA) is 60.8 Å². The number of pyridine rings is 1. The Morgan fingerprint density at radius 2 is 1.52 bits per heavy atom. The molecule has 0 aliphatic carbocycles. The van der Waals surface area contributed by atoms with Crippen molar-refractivity contribution in [2.75, 3.05) is 14.2 Å². The van der Waals surface area contributed by atoms with Crippen LogP contribution < -0.4 is 14.2 Å². The van der Waals surface area contributed by atoms with Gasteiger partial charge in [0.15, 0.2) is 0 Å². The van der Waals surface area contributed by atoms with Crippen LogP contribution in [0.25, 0.3) is 12.2 Å². The average molecular weight is 363 g/mol. The van der Waals surface area contributed by atoms with Gasteiger partial charge in [0, 0.05) is 24.0 Å². The predicted molar refractivity (Wildman–Crippen MR) is 105 cm³/mol. The zero-order valence-electron chi connectivity index (χ0n) is 15.2. The van der Waals surface area contributed by atoms with Crippen LogP contribution in [0.3, 0.4) is 0 Å². The first-order valence-electron chi connectivity index (χ1n) is 8.44. The van der Waals surface area contributed by atoms with E-state index in [1.165, 1.54) is 0 Å². The van der Waals surface area contributed by atoms with Gasteiger partial charge in [-0.2, -0.15) is 0 Å². The van der Waals surface area contributed by atoms with E-state index in [0.29, 0.717) is 11.3 Å². The van der Waals surface area contributed by atoms with Gasteiger partial charge in [-0.3, -0.25) is 4.98 Å². The van der Waals surface area contributed by atoms with Crippen LogP contribution in [0.4, 0.5) is 0 Å². The van der Waals surface area contributed by atoms with Gasteiger partial charge in [-0.1, -0.05) is 24.3 Å². The molecule has 5 heteroatoms. The molecular formula is C22H21NO4. The molecule has 1 heterocycles. The van der Waals surface area contributed by atoms with Crippen molar-refractivity contribution in [3.63, 3.8) is 0 Å². The van der Waals surface area contributed by atoms with Crippen molar-refractivity contribution in [1.29, 1.82) is 0 Å². The maximum atomic E-state index is 10.1. The fraction of sp³-hybridized carbons (Fsp3) is 0.136. The Labute approximate surface area is 158 Å². The first kappa shape index (κ1) is 18.5. The number of benzene rings is 2. The zero-order chi connectivity index (χ0) is 19.1. The first-order chi connectivity index (χ1) is 13.2. The van der Waals surface area contributed by atoms with Crippen LogP contribution in [-0.4, -0.2) is 24.3 Å². The maximum absolute atomic E-state index is 10.1. The second-order valence-corrected chi connectivity index (χ2v) is 5.80. The monoisotopic (exact) mass is 363 g/mol. The minimum atomic E-state index is -1.05. The van der Waals surface area contributed by atoms with Crippen LogP contribution in [-0.2, 0) is 0 Å². The smallest absolute Gasteiger partial charge is 0.225 e. The van der Waals surface area contributed by atoms with Crippen molar-refractivity contribution in [2.45, 2.75) is 6.29 Å². The highest BCUT2D eigenvalue weighted by molar-refractivity contribution is 5.71. The predicted octanol–water partition coefficient (Wildman–Crippen LogP) is 4.34. The molecule has 0 aliphatic heterocycles. The summed E-state index contributed by atoms with van der Waals surface area (Å²) in [6, 6.07) is 16.7. The zero-order valence-corrected chi connectivity index (χ0v) is 15.2. The average Bonchev–Trinajstić information content (AvgIpc) is 2.73. The standard InChI is InChI=1S/C22H21NO4/c1-25-20-12-17(13-21(14-20)26-2)6-5-16-7-9-19(10-8-16)27-22(24)18-4-3-11-23-15-18/h3-15,22,24H,1-2H3/b6-5+. The molecule has 0 bridgehead atoms. The van der Waals surface area contributed by atoms with Crippen molar-refractivity contribution in [2.24, 2.45) is 0 Å². The molecule has 1 atom stereocenters. The summed E-state index contributed by atoms with van der Waals surface area (Å²) in [5.74, 6) is 2.05. The van der Waals surface area contributed by atoms with Crippen LogP contribution in [0.1, 0.15) is 23.0 Å². The highest BCUT2D eigenvalue weighted by Crippen LogP contribution is 2.24. The van der Waals surface area contributed by atoms with E-state index in [1.807, 2.05) is 54.6 Å². The van der Waals surface area contributed by atoms with Crippen LogP contribution in [0.15, 0.2) is 67.0 Å². The van der Waals surface area contributed by atoms with Gasteiger partial charge >= 0.3 is 0 Å². The minimum Gasteiger partial charge on any atom is -0.497 e. The van der Waals surface area contributed by atoms with E-state index in [0.717, 1.165) is 22.6 Å². The van der Waals surface area contributed by atoms with Crippen LogP contribution in [0.2, 0.25) is 0 Å². The summed E-state index contributed by atoms with van der Waals surface area (Å²) in [6.45, 7) is 0. The molecule has 0 saturated heterocycles. The molecule has 3 aromatic rings. The normalized spacial score (nSPS) is 12.0. The van der Waals surface area contributed by atoms with E-state index in [4.69, 9.17) is 14.2 Å². The molecule has 0 amide bonds. The third-order valence-electron chi connectivity index (χ3n) is 3.94. The molecule has 0 saturated carbocycles. The number of nitrogens with zero attached hydrogens (tertiary/aromatic N) is 1. The molecule has 1 aromatic heterocycles. The molecule has 138 valence electrons. The molecule has 1 unspecified atom stereocenters. The van der Waals surface area contributed by atoms with Crippen LogP contribution in [0, 0.1) is 0 Å². The molecule has 3 rings (SSSR count). The van der Waals surface area contributed by atoms with Crippen molar-refractivity contribution >= 4 is 12.2 Å². The highest BCUT2D eigenvalue weighted by Gasteiger charge is 2.08. The van der Waals surface area contributed by atoms with Crippen LogP contribution >= 0.6 is 0 Å². The number of aromatic nitrogens is 1. The molecule has 0 fully saturated rings. The van der Waals surface area contributed by atoms with E-state index in [1.54, 1.807) is 38.7 Å². The fourth-order valence-electron chi connectivity index (χ4n) is 2.49. The van der Waals surface area contributed by atoms with Gasteiger partial charge in [0.05, 0.1) is 14.2 Å². The third-order valence-corrected chi connectivity index (χ3v) is 3.94. The second kappa shape index (κ2) is 8.87. The highest BCUT2D eigenvalue weighted by atomic mass is 16.6. The van der Waals surface area contributed by atoms with Gasteiger partial charge in [-0.25, -0.2) is 0 Å². The van der Waals surface area contributed by atoms with E-state index >= 15 is 0 Å². The quantitative estimate of drug-likeness (QED) is 0.500. The Morgan fingerprint density at radius 1 is 0.852 bits per heavy atom. The third kappa shape index (κ3) is 5.09. The lowest BCUT2D eigenvalue weighted by Crippen LogP contribution is -2.06. The summed E-state index contributed by atoms with van der Waals surface area (Å²) >= 11 is 0. The first-order valence-corrected chi connectivity index (χ1v) is 8.44. The Kier molecular flexibility index (Phi) is 6.07. The Hall–Kier alpha value is -3.31. The Balaban J connectivity index is 1.68. The molecule has 1 N–H and O–H groups in total. The summed E-state index contributed by atoms with van der Waals surface area (Å²) in [7, 11) is 3.25. The minimum absolute atomic E-state index is 0.576. The number of hydrogen-bond donors (Lipinski definition) is 1. The van der Waals surface area contributed by atoms with Crippen LogP contribution in [0.5, 0.6) is 17.2 Å². The van der Waals surface area contributed by atoms with Gasteiger partial charge < -0.3 is 19.3 Å². The van der Waals surface area contributed by atoms with Gasteiger partial charge in [0.2, 0.25) is 6.29 Å². The molecule has 5 nitrogen and oxygen atoms in total. The molecule has 0 aliphatic rings. The summed E-state index contributed by atoms with van der Waals surface area (Å²) in [5, 5.41) is 10.1. The van der Waals surface area contributed by atoms with Gasteiger partial charge in [-0.15, -0.1) is 0 Å². The van der Waals surface area contributed by atoms with E-state index < -0.39 is 6.29 Å². The maximum Gasteiger partial charge on any atom is 0.225 e. The number of methoxy groups -OCH3 is 2. The van der Waals surface area contributed by atoms with Crippen molar-refractivity contribution < 1.29 is 19.3 Å². The molecule has 0 spiro atoms. The van der Waals surface area contributed by atoms with Crippen molar-refractivity contribution in [1.82, 2.24) is 4.98 Å². The molecular weight excluding hydrogens is 342 g/mol. The Morgan fingerprint density at radius 3 is 2.11 bits per heavy atom. The lowest BCUT2D eigenvalue weighted by atomic mass is 10.1. The van der Waals surface area contributed by atoms with Gasteiger partial charge in [0.25, 0.3) is 0 Å². The van der Waals surface area contributed by atoms with E-state index in [2.05, 4.69) is 4.98 Å². The molecule has 2 aromatic carbocycles. The summed E-state index contributed by atoms with van der Waals surface area (Å²) in [6.07, 6.45) is 6.13. The number of ether oxygens (including phenoxy) is 3. The number of aliphatic hydroxyl groups excluding tert-OH is 1. The van der Waals surface area contributed by atoms with Gasteiger partial charge in [0.1, 0.15) is 17.2 Å².